The van der Waals surface area contributed by atoms with E-state index in [9.17, 15) is 0 Å². The van der Waals surface area contributed by atoms with Gasteiger partial charge in [0.1, 0.15) is 11.5 Å². The van der Waals surface area contributed by atoms with Gasteiger partial charge < -0.3 is 14.2 Å². The third-order valence-corrected chi connectivity index (χ3v) is 3.92. The Bertz CT molecular complexity index is 657. The first-order chi connectivity index (χ1) is 10.3. The van der Waals surface area contributed by atoms with Gasteiger partial charge in [-0.05, 0) is 37.1 Å². The van der Waals surface area contributed by atoms with Crippen molar-refractivity contribution in [1.29, 1.82) is 0 Å². The maximum atomic E-state index is 6.21. The summed E-state index contributed by atoms with van der Waals surface area (Å²) < 4.78 is 17.2. The topological polar surface area (TPSA) is 34.3 Å². The largest absolute Gasteiger partial charge is 0.457 e. The molecule has 21 heavy (non-hydrogen) atoms. The minimum absolute atomic E-state index is 0.908. The van der Waals surface area contributed by atoms with Crippen LogP contribution in [-0.4, -0.2) is 0 Å². The van der Waals surface area contributed by atoms with Crippen molar-refractivity contribution in [3.8, 4) is 34.5 Å². The molecule has 0 bridgehead atoms. The predicted octanol–water partition coefficient (Wildman–Crippen LogP) is 5.60. The van der Waals surface area contributed by atoms with E-state index in [1.165, 1.54) is 11.1 Å². The number of benzene rings is 2. The van der Waals surface area contributed by atoms with Crippen LogP contribution in [0, 0.1) is 0 Å². The molecule has 0 atom stereocenters. The molecule has 0 saturated heterocycles. The lowest BCUT2D eigenvalue weighted by Gasteiger charge is -2.11. The van der Waals surface area contributed by atoms with Crippen LogP contribution in [0.25, 0.3) is 0 Å². The fourth-order valence-electron chi connectivity index (χ4n) is 2.82. The van der Waals surface area contributed by atoms with Crippen molar-refractivity contribution in [3.05, 3.63) is 35.4 Å². The van der Waals surface area contributed by atoms with Crippen molar-refractivity contribution in [2.45, 2.75) is 39.5 Å². The van der Waals surface area contributed by atoms with E-state index in [0.717, 1.165) is 60.2 Å². The molecular formula is C18H18O3. The molecule has 3 nitrogen and oxygen atoms in total. The molecule has 0 spiro atoms. The Morgan fingerprint density at radius 2 is 1.24 bits per heavy atom. The molecule has 0 unspecified atom stereocenters. The summed E-state index contributed by atoms with van der Waals surface area (Å²) in [7, 11) is 0. The van der Waals surface area contributed by atoms with E-state index in [1.807, 2.05) is 24.3 Å². The first-order valence-electron chi connectivity index (χ1n) is 7.67. The molecule has 0 aliphatic carbocycles. The molecule has 0 radical (unpaired) electrons. The van der Waals surface area contributed by atoms with Crippen LogP contribution in [-0.2, 0) is 12.8 Å². The molecule has 0 N–H and O–H groups in total. The lowest BCUT2D eigenvalue weighted by molar-refractivity contribution is 0.468. The molecule has 0 saturated carbocycles. The summed E-state index contributed by atoms with van der Waals surface area (Å²) >= 11 is 0. The molecule has 2 aliphatic rings. The van der Waals surface area contributed by atoms with Crippen LogP contribution in [0.4, 0.5) is 0 Å². The molecule has 2 aliphatic heterocycles. The molecule has 4 rings (SSSR count). The highest BCUT2D eigenvalue weighted by molar-refractivity contribution is 5.67. The monoisotopic (exact) mass is 282 g/mol. The first kappa shape index (κ1) is 12.6. The van der Waals surface area contributed by atoms with Gasteiger partial charge in [0.05, 0.1) is 0 Å². The summed E-state index contributed by atoms with van der Waals surface area (Å²) in [5.74, 6) is 5.81. The van der Waals surface area contributed by atoms with Gasteiger partial charge in [0.25, 0.3) is 0 Å². The fourth-order valence-corrected chi connectivity index (χ4v) is 2.82. The quantitative estimate of drug-likeness (QED) is 0.432. The van der Waals surface area contributed by atoms with Crippen LogP contribution in [0.1, 0.15) is 37.8 Å². The van der Waals surface area contributed by atoms with Gasteiger partial charge in [-0.25, -0.2) is 0 Å². The summed E-state index contributed by atoms with van der Waals surface area (Å²) in [6, 6.07) is 7.99. The van der Waals surface area contributed by atoms with E-state index in [1.54, 1.807) is 0 Å². The Hall–Kier alpha value is -2.16. The van der Waals surface area contributed by atoms with E-state index in [2.05, 4.69) is 13.8 Å². The number of hydrogen-bond acceptors (Lipinski definition) is 3. The smallest absolute Gasteiger partial charge is 0.177 e. The molecule has 3 heteroatoms. The van der Waals surface area contributed by atoms with Crippen LogP contribution >= 0.6 is 0 Å². The lowest BCUT2D eigenvalue weighted by Crippen LogP contribution is -1.93. The second-order valence-corrected chi connectivity index (χ2v) is 5.55. The van der Waals surface area contributed by atoms with Crippen molar-refractivity contribution in [2.75, 3.05) is 0 Å². The average Bonchev–Trinajstić information content (AvgIpc) is 3.36. The lowest BCUT2D eigenvalue weighted by atomic mass is 10.1. The normalized spacial score (nSPS) is 12.9. The highest BCUT2D eigenvalue weighted by Crippen LogP contribution is 2.55. The highest BCUT2D eigenvalue weighted by Gasteiger charge is 2.30. The van der Waals surface area contributed by atoms with Gasteiger partial charge in [0, 0.05) is 11.1 Å². The molecular weight excluding hydrogens is 264 g/mol. The minimum Gasteiger partial charge on any atom is -0.457 e. The third-order valence-electron chi connectivity index (χ3n) is 3.92. The fraction of sp³-hybridized carbons (Fsp3) is 0.333. The van der Waals surface area contributed by atoms with Crippen molar-refractivity contribution in [2.24, 2.45) is 0 Å². The van der Waals surface area contributed by atoms with Crippen LogP contribution in [0.5, 0.6) is 34.5 Å². The SMILES string of the molecule is CCCc1c(Oc2ccc3c(c2CCC)O3)ccc2c1O2. The van der Waals surface area contributed by atoms with Crippen molar-refractivity contribution >= 4 is 0 Å². The number of hydrogen-bond donors (Lipinski definition) is 0. The Labute approximate surface area is 124 Å². The summed E-state index contributed by atoms with van der Waals surface area (Å²) in [6.07, 6.45) is 4.10. The van der Waals surface area contributed by atoms with Gasteiger partial charge in [-0.1, -0.05) is 26.7 Å². The van der Waals surface area contributed by atoms with Crippen molar-refractivity contribution < 1.29 is 14.2 Å². The Morgan fingerprint density at radius 3 is 1.67 bits per heavy atom. The van der Waals surface area contributed by atoms with Crippen LogP contribution in [0.2, 0.25) is 0 Å². The van der Waals surface area contributed by atoms with E-state index >= 15 is 0 Å². The average molecular weight is 282 g/mol. The third kappa shape index (κ3) is 2.13. The second kappa shape index (κ2) is 4.69. The van der Waals surface area contributed by atoms with E-state index in [-0.39, 0.29) is 0 Å². The summed E-state index contributed by atoms with van der Waals surface area (Å²) in [6.45, 7) is 4.34. The summed E-state index contributed by atoms with van der Waals surface area (Å²) in [4.78, 5) is 0. The highest BCUT2D eigenvalue weighted by atomic mass is 16.6. The molecule has 0 fully saturated rings. The Balaban J connectivity index is 1.69. The van der Waals surface area contributed by atoms with E-state index in [4.69, 9.17) is 14.2 Å². The maximum absolute atomic E-state index is 6.21. The van der Waals surface area contributed by atoms with E-state index < -0.39 is 0 Å². The van der Waals surface area contributed by atoms with Crippen LogP contribution in [0.3, 0.4) is 0 Å². The molecule has 2 aromatic rings. The van der Waals surface area contributed by atoms with Gasteiger partial charge in [-0.15, -0.1) is 0 Å². The van der Waals surface area contributed by atoms with Crippen LogP contribution in [0.15, 0.2) is 24.3 Å². The van der Waals surface area contributed by atoms with Gasteiger partial charge in [0.15, 0.2) is 23.0 Å². The number of fused-ring (bicyclic) bond motifs is 2. The van der Waals surface area contributed by atoms with Gasteiger partial charge >= 0.3 is 0 Å². The molecule has 2 heterocycles. The summed E-state index contributed by atoms with van der Waals surface area (Å²) in [5, 5.41) is 0. The standard InChI is InChI=1S/C18H18O3/c1-3-5-11-13(7-9-15-17(11)20-15)19-14-8-10-16-18(21-16)12(14)6-4-2/h7-10H,3-6H2,1-2H3. The van der Waals surface area contributed by atoms with Gasteiger partial charge in [-0.3, -0.25) is 0 Å². The van der Waals surface area contributed by atoms with Crippen LogP contribution < -0.4 is 14.2 Å². The van der Waals surface area contributed by atoms with Crippen molar-refractivity contribution in [3.63, 3.8) is 0 Å². The predicted molar refractivity (Wildman–Crippen MR) is 81.1 cm³/mol. The zero-order chi connectivity index (χ0) is 14.4. The second-order valence-electron chi connectivity index (χ2n) is 5.55. The number of rotatable bonds is 6. The maximum Gasteiger partial charge on any atom is 0.177 e. The minimum atomic E-state index is 0.908. The Morgan fingerprint density at radius 1 is 0.762 bits per heavy atom. The van der Waals surface area contributed by atoms with Crippen molar-refractivity contribution in [1.82, 2.24) is 0 Å². The van der Waals surface area contributed by atoms with Gasteiger partial charge in [0.2, 0.25) is 0 Å². The zero-order valence-electron chi connectivity index (χ0n) is 12.4. The molecule has 0 aromatic heterocycles. The Kier molecular flexibility index (Phi) is 2.81. The van der Waals surface area contributed by atoms with E-state index in [0.29, 0.717) is 0 Å². The summed E-state index contributed by atoms with van der Waals surface area (Å²) in [5.41, 5.74) is 2.37. The molecule has 108 valence electrons. The molecule has 2 aromatic carbocycles. The zero-order valence-corrected chi connectivity index (χ0v) is 12.4. The number of ether oxygens (including phenoxy) is 3. The first-order valence-corrected chi connectivity index (χ1v) is 7.67. The molecule has 0 amide bonds. The van der Waals surface area contributed by atoms with Gasteiger partial charge in [-0.2, -0.15) is 0 Å².